The van der Waals surface area contributed by atoms with Gasteiger partial charge in [0.05, 0.1) is 17.9 Å². The van der Waals surface area contributed by atoms with Crippen molar-refractivity contribution in [3.8, 4) is 0 Å². The van der Waals surface area contributed by atoms with Crippen LogP contribution in [0.3, 0.4) is 0 Å². The molecule has 172 valence electrons. The number of hydrogen-bond acceptors (Lipinski definition) is 5. The minimum atomic E-state index is -0.663. The van der Waals surface area contributed by atoms with Crippen LogP contribution in [0.4, 0.5) is 15.3 Å². The number of carbonyl (C=O) groups is 3. The number of alkyl carbamates (subject to hydrolysis) is 1. The molecule has 0 spiro atoms. The van der Waals surface area contributed by atoms with E-state index in [9.17, 15) is 14.4 Å². The molecule has 1 saturated heterocycles. The van der Waals surface area contributed by atoms with Crippen LogP contribution in [-0.2, 0) is 9.47 Å². The van der Waals surface area contributed by atoms with E-state index in [4.69, 9.17) is 9.47 Å². The first-order chi connectivity index (χ1) is 15.2. The number of nitrogens with one attached hydrogen (secondary N) is 2. The number of benzene rings is 2. The lowest BCUT2D eigenvalue weighted by molar-refractivity contribution is 0.0635. The zero-order valence-corrected chi connectivity index (χ0v) is 19.1. The van der Waals surface area contributed by atoms with Gasteiger partial charge >= 0.3 is 12.2 Å². The second-order valence-corrected chi connectivity index (χ2v) is 8.83. The highest BCUT2D eigenvalue weighted by molar-refractivity contribution is 6.07. The lowest BCUT2D eigenvalue weighted by atomic mass is 10.0. The Morgan fingerprint density at radius 1 is 1.09 bits per heavy atom. The Kier molecular flexibility index (Phi) is 7.22. The summed E-state index contributed by atoms with van der Waals surface area (Å²) in [6.45, 7) is 8.32. The van der Waals surface area contributed by atoms with Crippen molar-refractivity contribution >= 4 is 34.6 Å². The van der Waals surface area contributed by atoms with Gasteiger partial charge in [0, 0.05) is 19.1 Å². The smallest absolute Gasteiger partial charge is 0.412 e. The molecule has 3 amide bonds. The van der Waals surface area contributed by atoms with Gasteiger partial charge in [-0.3, -0.25) is 10.1 Å². The van der Waals surface area contributed by atoms with E-state index in [1.807, 2.05) is 24.3 Å². The first-order valence-electron chi connectivity index (χ1n) is 10.9. The van der Waals surface area contributed by atoms with E-state index in [-0.39, 0.29) is 18.6 Å². The van der Waals surface area contributed by atoms with Gasteiger partial charge in [-0.15, -0.1) is 0 Å². The number of rotatable bonds is 4. The maximum Gasteiger partial charge on any atom is 0.412 e. The lowest BCUT2D eigenvalue weighted by Gasteiger charge is -2.33. The second kappa shape index (κ2) is 9.89. The highest BCUT2D eigenvalue weighted by atomic mass is 16.6. The van der Waals surface area contributed by atoms with Crippen LogP contribution in [-0.4, -0.2) is 54.3 Å². The summed E-state index contributed by atoms with van der Waals surface area (Å²) in [6.07, 6.45) is 0.418. The molecule has 8 nitrogen and oxygen atoms in total. The zero-order valence-electron chi connectivity index (χ0n) is 19.1. The summed E-state index contributed by atoms with van der Waals surface area (Å²) in [5.41, 5.74) is 0.110. The average Bonchev–Trinajstić information content (AvgIpc) is 2.71. The Bertz CT molecular complexity index is 999. The van der Waals surface area contributed by atoms with E-state index in [0.717, 1.165) is 23.6 Å². The summed E-state index contributed by atoms with van der Waals surface area (Å²) >= 11 is 0. The predicted molar refractivity (Wildman–Crippen MR) is 123 cm³/mol. The summed E-state index contributed by atoms with van der Waals surface area (Å²) in [5, 5.41) is 7.35. The van der Waals surface area contributed by atoms with Crippen LogP contribution in [0.5, 0.6) is 0 Å². The number of fused-ring (bicyclic) bond motifs is 1. The van der Waals surface area contributed by atoms with Crippen molar-refractivity contribution in [2.45, 2.75) is 52.2 Å². The van der Waals surface area contributed by atoms with Crippen molar-refractivity contribution in [1.29, 1.82) is 0 Å². The largest absolute Gasteiger partial charge is 0.450 e. The van der Waals surface area contributed by atoms with E-state index in [0.29, 0.717) is 24.3 Å². The number of hydrogen-bond donors (Lipinski definition) is 2. The Hall–Kier alpha value is -3.29. The number of carbonyl (C=O) groups excluding carboxylic acids is 3. The number of amides is 3. The van der Waals surface area contributed by atoms with Crippen LogP contribution >= 0.6 is 0 Å². The van der Waals surface area contributed by atoms with Crippen molar-refractivity contribution < 1.29 is 23.9 Å². The van der Waals surface area contributed by atoms with Gasteiger partial charge in [-0.1, -0.05) is 24.3 Å². The first kappa shape index (κ1) is 23.4. The zero-order chi connectivity index (χ0) is 23.3. The number of ether oxygens (including phenoxy) is 2. The SMILES string of the molecule is CCOC(=O)NC1CCCN(C(=O)c2cc3ccccc3cc2NC(=O)OC(C)(C)C)C1. The van der Waals surface area contributed by atoms with Crippen LogP contribution in [0.15, 0.2) is 36.4 Å². The molecule has 8 heteroatoms. The van der Waals surface area contributed by atoms with Gasteiger partial charge in [-0.05, 0) is 63.4 Å². The third kappa shape index (κ3) is 6.12. The van der Waals surface area contributed by atoms with Gasteiger partial charge in [-0.2, -0.15) is 0 Å². The molecular weight excluding hydrogens is 410 g/mol. The van der Waals surface area contributed by atoms with E-state index in [2.05, 4.69) is 10.6 Å². The molecule has 2 aromatic carbocycles. The summed E-state index contributed by atoms with van der Waals surface area (Å²) in [7, 11) is 0. The van der Waals surface area contributed by atoms with Gasteiger partial charge in [0.25, 0.3) is 5.91 Å². The summed E-state index contributed by atoms with van der Waals surface area (Å²) < 4.78 is 10.3. The number of likely N-dealkylation sites (tertiary alicyclic amines) is 1. The van der Waals surface area contributed by atoms with Gasteiger partial charge in [-0.25, -0.2) is 9.59 Å². The molecule has 0 aromatic heterocycles. The fourth-order valence-corrected chi connectivity index (χ4v) is 3.72. The molecule has 0 bridgehead atoms. The predicted octanol–water partition coefficient (Wildman–Crippen LogP) is 4.54. The van der Waals surface area contributed by atoms with Crippen molar-refractivity contribution in [1.82, 2.24) is 10.2 Å². The average molecular weight is 442 g/mol. The minimum absolute atomic E-state index is 0.186. The van der Waals surface area contributed by atoms with Crippen molar-refractivity contribution in [2.24, 2.45) is 0 Å². The number of anilines is 1. The molecular formula is C24H31N3O5. The summed E-state index contributed by atoms with van der Waals surface area (Å²) in [5.74, 6) is -0.211. The highest BCUT2D eigenvalue weighted by Gasteiger charge is 2.28. The molecule has 1 aliphatic heterocycles. The molecule has 0 radical (unpaired) electrons. The molecule has 3 rings (SSSR count). The van der Waals surface area contributed by atoms with Crippen molar-refractivity contribution in [3.05, 3.63) is 42.0 Å². The van der Waals surface area contributed by atoms with Crippen molar-refractivity contribution in [3.63, 3.8) is 0 Å². The maximum absolute atomic E-state index is 13.5. The Balaban J connectivity index is 1.86. The number of piperidine rings is 1. The Labute approximate surface area is 188 Å². The second-order valence-electron chi connectivity index (χ2n) is 8.83. The first-order valence-corrected chi connectivity index (χ1v) is 10.9. The van der Waals surface area contributed by atoms with E-state index in [1.54, 1.807) is 44.7 Å². The number of nitrogens with zero attached hydrogens (tertiary/aromatic N) is 1. The monoisotopic (exact) mass is 441 g/mol. The van der Waals surface area contributed by atoms with E-state index < -0.39 is 17.8 Å². The molecule has 32 heavy (non-hydrogen) atoms. The third-order valence-corrected chi connectivity index (χ3v) is 5.06. The third-order valence-electron chi connectivity index (χ3n) is 5.06. The van der Waals surface area contributed by atoms with E-state index in [1.165, 1.54) is 0 Å². The molecule has 1 fully saturated rings. The molecule has 1 atom stereocenters. The molecule has 0 saturated carbocycles. The molecule has 1 aliphatic rings. The van der Waals surface area contributed by atoms with Gasteiger partial charge in [0.15, 0.2) is 0 Å². The maximum atomic E-state index is 13.5. The van der Waals surface area contributed by atoms with Crippen molar-refractivity contribution in [2.75, 3.05) is 25.0 Å². The molecule has 1 unspecified atom stereocenters. The normalized spacial score (nSPS) is 16.4. The van der Waals surface area contributed by atoms with Crippen LogP contribution in [0.1, 0.15) is 50.9 Å². The minimum Gasteiger partial charge on any atom is -0.450 e. The standard InChI is InChI=1S/C24H31N3O5/c1-5-31-22(29)25-18-11-8-12-27(15-18)21(28)19-13-16-9-6-7-10-17(16)14-20(19)26-23(30)32-24(2,3)4/h6-7,9-10,13-14,18H,5,8,11-12,15H2,1-4H3,(H,25,29)(H,26,30). The van der Waals surface area contributed by atoms with Gasteiger partial charge in [0.2, 0.25) is 0 Å². The van der Waals surface area contributed by atoms with Crippen LogP contribution in [0.25, 0.3) is 10.8 Å². The summed E-state index contributed by atoms with van der Waals surface area (Å²) in [6, 6.07) is 11.0. The quantitative estimate of drug-likeness (QED) is 0.726. The topological polar surface area (TPSA) is 97.0 Å². The lowest BCUT2D eigenvalue weighted by Crippen LogP contribution is -2.49. The highest BCUT2D eigenvalue weighted by Crippen LogP contribution is 2.27. The van der Waals surface area contributed by atoms with Gasteiger partial charge < -0.3 is 19.7 Å². The fraction of sp³-hybridized carbons (Fsp3) is 0.458. The van der Waals surface area contributed by atoms with E-state index >= 15 is 0 Å². The summed E-state index contributed by atoms with van der Waals surface area (Å²) in [4.78, 5) is 39.4. The molecule has 0 aliphatic carbocycles. The molecule has 2 aromatic rings. The van der Waals surface area contributed by atoms with Gasteiger partial charge in [0.1, 0.15) is 5.60 Å². The molecule has 1 heterocycles. The van der Waals surface area contributed by atoms with Crippen LogP contribution in [0.2, 0.25) is 0 Å². The fourth-order valence-electron chi connectivity index (χ4n) is 3.72. The Morgan fingerprint density at radius 3 is 2.44 bits per heavy atom. The Morgan fingerprint density at radius 2 is 1.78 bits per heavy atom. The van der Waals surface area contributed by atoms with Crippen LogP contribution in [0, 0.1) is 0 Å². The molecule has 2 N–H and O–H groups in total. The van der Waals surface area contributed by atoms with Crippen LogP contribution < -0.4 is 10.6 Å².